The number of carbonyl (C=O) groups excluding carboxylic acids is 1. The van der Waals surface area contributed by atoms with Crippen molar-refractivity contribution in [3.8, 4) is 11.8 Å². The van der Waals surface area contributed by atoms with Crippen molar-refractivity contribution in [1.29, 1.82) is 0 Å². The number of carbonyl (C=O) groups is 2. The predicted octanol–water partition coefficient (Wildman–Crippen LogP) is 4.01. The fourth-order valence-electron chi connectivity index (χ4n) is 2.93. The zero-order valence-electron chi connectivity index (χ0n) is 16.3. The van der Waals surface area contributed by atoms with Crippen molar-refractivity contribution < 1.29 is 23.8 Å². The Morgan fingerprint density at radius 1 is 1.16 bits per heavy atom. The van der Waals surface area contributed by atoms with Crippen LogP contribution in [-0.4, -0.2) is 32.1 Å². The minimum atomic E-state index is -0.840. The molecule has 1 aromatic carbocycles. The van der Waals surface area contributed by atoms with Crippen LogP contribution in [0.15, 0.2) is 41.1 Å². The zero-order valence-corrected chi connectivity index (χ0v) is 18.0. The van der Waals surface area contributed by atoms with Crippen LogP contribution in [0.1, 0.15) is 34.1 Å². The second kappa shape index (κ2) is 8.07. The van der Waals surface area contributed by atoms with Gasteiger partial charge in [-0.3, -0.25) is 10.1 Å². The minimum Gasteiger partial charge on any atom is -0.481 e. The highest BCUT2D eigenvalue weighted by Gasteiger charge is 2.54. The van der Waals surface area contributed by atoms with E-state index < -0.39 is 17.5 Å². The van der Waals surface area contributed by atoms with E-state index in [9.17, 15) is 14.7 Å². The van der Waals surface area contributed by atoms with Crippen molar-refractivity contribution in [2.45, 2.75) is 24.9 Å². The number of aliphatic carboxylic acids is 1. The van der Waals surface area contributed by atoms with Crippen molar-refractivity contribution in [2.75, 3.05) is 5.32 Å². The van der Waals surface area contributed by atoms with Gasteiger partial charge in [0.1, 0.15) is 17.0 Å². The first-order chi connectivity index (χ1) is 15.5. The second-order valence-electron chi connectivity index (χ2n) is 7.00. The standard InChI is InChI=1S/C21H14N4O5S2/c26-19(27)21(8-9-21)18-25-17-16(32-18)23-14(31-17)7-6-13-15(30-11-22-13)24-20(28)29-10-12-4-2-1-3-5-12/h1-5,11H,8-10H2,(H,24,28)(H,26,27). The minimum absolute atomic E-state index is 0.0754. The number of nitrogens with one attached hydrogen (secondary N) is 1. The topological polar surface area (TPSA) is 127 Å². The Morgan fingerprint density at radius 2 is 1.94 bits per heavy atom. The highest BCUT2D eigenvalue weighted by atomic mass is 32.1. The Hall–Kier alpha value is -3.75. The van der Waals surface area contributed by atoms with Crippen LogP contribution in [0, 0.1) is 11.8 Å². The van der Waals surface area contributed by atoms with Crippen LogP contribution >= 0.6 is 22.7 Å². The van der Waals surface area contributed by atoms with E-state index in [2.05, 4.69) is 32.1 Å². The summed E-state index contributed by atoms with van der Waals surface area (Å²) in [5.41, 5.74) is 0.251. The van der Waals surface area contributed by atoms with Gasteiger partial charge < -0.3 is 14.3 Å². The first-order valence-electron chi connectivity index (χ1n) is 9.48. The van der Waals surface area contributed by atoms with Gasteiger partial charge in [0.2, 0.25) is 5.88 Å². The smallest absolute Gasteiger partial charge is 0.414 e. The van der Waals surface area contributed by atoms with Crippen LogP contribution in [0.4, 0.5) is 10.7 Å². The number of rotatable bonds is 5. The number of amides is 1. The lowest BCUT2D eigenvalue weighted by Gasteiger charge is -2.04. The van der Waals surface area contributed by atoms with E-state index in [4.69, 9.17) is 9.15 Å². The van der Waals surface area contributed by atoms with Gasteiger partial charge in [-0.1, -0.05) is 53.0 Å². The van der Waals surface area contributed by atoms with Gasteiger partial charge in [-0.15, -0.1) is 0 Å². The fourth-order valence-corrected chi connectivity index (χ4v) is 5.07. The molecule has 2 N–H and O–H groups in total. The summed E-state index contributed by atoms with van der Waals surface area (Å²) in [4.78, 5) is 37.7. The second-order valence-corrected chi connectivity index (χ2v) is 8.96. The molecule has 0 bridgehead atoms. The number of nitrogens with zero attached hydrogens (tertiary/aromatic N) is 3. The molecular weight excluding hydrogens is 452 g/mol. The van der Waals surface area contributed by atoms with Crippen molar-refractivity contribution in [2.24, 2.45) is 0 Å². The number of hydrogen-bond donors (Lipinski definition) is 2. The molecule has 0 aliphatic heterocycles. The van der Waals surface area contributed by atoms with E-state index in [0.29, 0.717) is 32.5 Å². The summed E-state index contributed by atoms with van der Waals surface area (Å²) in [5, 5.41) is 13.0. The number of carboxylic acids is 1. The first-order valence-corrected chi connectivity index (χ1v) is 11.1. The highest BCUT2D eigenvalue weighted by molar-refractivity contribution is 7.26. The van der Waals surface area contributed by atoms with Gasteiger partial charge in [-0.05, 0) is 30.2 Å². The number of anilines is 1. The molecule has 9 nitrogen and oxygen atoms in total. The zero-order chi connectivity index (χ0) is 22.1. The van der Waals surface area contributed by atoms with E-state index in [-0.39, 0.29) is 18.2 Å². The fraction of sp³-hybridized carbons (Fsp3) is 0.190. The molecule has 11 heteroatoms. The number of fused-ring (bicyclic) bond motifs is 1. The summed E-state index contributed by atoms with van der Waals surface area (Å²) in [7, 11) is 0. The van der Waals surface area contributed by atoms with E-state index in [1.54, 1.807) is 0 Å². The van der Waals surface area contributed by atoms with Gasteiger partial charge in [-0.2, -0.15) is 0 Å². The Bertz CT molecular complexity index is 1340. The van der Waals surface area contributed by atoms with E-state index in [1.165, 1.54) is 29.1 Å². The molecule has 4 aromatic rings. The molecule has 0 unspecified atom stereocenters. The average molecular weight is 467 g/mol. The monoisotopic (exact) mass is 466 g/mol. The molecule has 1 aliphatic carbocycles. The van der Waals surface area contributed by atoms with Gasteiger partial charge >= 0.3 is 12.1 Å². The predicted molar refractivity (Wildman–Crippen MR) is 117 cm³/mol. The Morgan fingerprint density at radius 3 is 2.66 bits per heavy atom. The van der Waals surface area contributed by atoms with E-state index in [1.807, 2.05) is 30.3 Å². The molecule has 5 rings (SSSR count). The molecular formula is C21H14N4O5S2. The summed E-state index contributed by atoms with van der Waals surface area (Å²) in [6.07, 6.45) is 1.69. The molecule has 32 heavy (non-hydrogen) atoms. The number of carboxylic acid groups (broad SMARTS) is 1. The van der Waals surface area contributed by atoms with Crippen LogP contribution in [0.5, 0.6) is 0 Å². The van der Waals surface area contributed by atoms with Gasteiger partial charge in [0, 0.05) is 0 Å². The molecule has 3 heterocycles. The molecule has 0 atom stereocenters. The lowest BCUT2D eigenvalue weighted by molar-refractivity contribution is -0.140. The summed E-state index contributed by atoms with van der Waals surface area (Å²) in [6.45, 7) is 0.121. The third-order valence-corrected chi connectivity index (χ3v) is 6.98. The number of ether oxygens (including phenoxy) is 1. The molecule has 160 valence electrons. The quantitative estimate of drug-likeness (QED) is 0.423. The van der Waals surface area contributed by atoms with Crippen molar-refractivity contribution >= 4 is 50.3 Å². The lowest BCUT2D eigenvalue weighted by atomic mass is 10.1. The van der Waals surface area contributed by atoms with Crippen LogP contribution < -0.4 is 5.32 Å². The Labute approximate surface area is 189 Å². The average Bonchev–Trinajstić information content (AvgIpc) is 3.11. The van der Waals surface area contributed by atoms with Gasteiger partial charge in [-0.25, -0.2) is 19.7 Å². The Kier molecular flexibility index (Phi) is 5.08. The number of hydrogen-bond acceptors (Lipinski definition) is 9. The maximum Gasteiger partial charge on any atom is 0.414 e. The molecule has 1 saturated carbocycles. The van der Waals surface area contributed by atoms with Gasteiger partial charge in [0.05, 0.1) is 0 Å². The lowest BCUT2D eigenvalue weighted by Crippen LogP contribution is -2.18. The molecule has 0 radical (unpaired) electrons. The van der Waals surface area contributed by atoms with Crippen LogP contribution in [0.3, 0.4) is 0 Å². The number of benzene rings is 1. The molecule has 0 saturated heterocycles. The Balaban J connectivity index is 1.26. The summed E-state index contributed by atoms with van der Waals surface area (Å²) in [6, 6.07) is 9.29. The van der Waals surface area contributed by atoms with Crippen molar-refractivity contribution in [3.63, 3.8) is 0 Å². The molecule has 3 aromatic heterocycles. The summed E-state index contributed by atoms with van der Waals surface area (Å²) in [5.74, 6) is 4.94. The van der Waals surface area contributed by atoms with E-state index >= 15 is 0 Å². The number of aromatic nitrogens is 3. The summed E-state index contributed by atoms with van der Waals surface area (Å²) < 4.78 is 10.4. The van der Waals surface area contributed by atoms with Crippen LogP contribution in [0.25, 0.3) is 9.66 Å². The van der Waals surface area contributed by atoms with Crippen molar-refractivity contribution in [3.05, 3.63) is 58.0 Å². The molecule has 0 spiro atoms. The maximum atomic E-state index is 12.0. The third-order valence-electron chi connectivity index (χ3n) is 4.83. The number of oxazole rings is 1. The summed E-state index contributed by atoms with van der Waals surface area (Å²) >= 11 is 2.56. The SMILES string of the molecule is O=C(Nc1ocnc1C#Cc1nc2sc(C3(C(=O)O)CC3)nc2s1)OCc1ccccc1. The number of thiazole rings is 2. The molecule has 1 amide bonds. The van der Waals surface area contributed by atoms with Crippen molar-refractivity contribution in [1.82, 2.24) is 15.0 Å². The van der Waals surface area contributed by atoms with Crippen LogP contribution in [0.2, 0.25) is 0 Å². The highest BCUT2D eigenvalue weighted by Crippen LogP contribution is 2.50. The van der Waals surface area contributed by atoms with E-state index in [0.717, 1.165) is 5.56 Å². The van der Waals surface area contributed by atoms with Gasteiger partial charge in [0.15, 0.2) is 26.8 Å². The van der Waals surface area contributed by atoms with Gasteiger partial charge in [0.25, 0.3) is 0 Å². The molecule has 1 fully saturated rings. The third kappa shape index (κ3) is 3.93. The van der Waals surface area contributed by atoms with Crippen LogP contribution in [-0.2, 0) is 21.6 Å². The normalized spacial score (nSPS) is 13.9. The molecule has 1 aliphatic rings. The first kappa shape index (κ1) is 20.2. The maximum absolute atomic E-state index is 12.0. The largest absolute Gasteiger partial charge is 0.481 e.